The Balaban J connectivity index is 0.00000364. The second-order valence-electron chi connectivity index (χ2n) is 7.62. The zero-order chi connectivity index (χ0) is 18.8. The predicted octanol–water partition coefficient (Wildman–Crippen LogP) is 3.16. The zero-order valence-electron chi connectivity index (χ0n) is 17.3. The molecule has 2 N–H and O–H groups in total. The number of halogens is 1. The molecule has 2 saturated carbocycles. The first-order chi connectivity index (χ1) is 12.6. The number of guanidine groups is 1. The van der Waals surface area contributed by atoms with Gasteiger partial charge in [-0.05, 0) is 59.4 Å². The number of ether oxygens (including phenoxy) is 1. The summed E-state index contributed by atoms with van der Waals surface area (Å²) in [5, 5.41) is 6.92. The molecule has 0 aromatic carbocycles. The van der Waals surface area contributed by atoms with Crippen LogP contribution < -0.4 is 10.6 Å². The second kappa shape index (κ2) is 13.6. The van der Waals surface area contributed by atoms with Crippen LogP contribution in [-0.4, -0.2) is 62.2 Å². The van der Waals surface area contributed by atoms with E-state index in [0.717, 1.165) is 57.3 Å². The largest absolute Gasteiger partial charge is 0.466 e. The lowest BCUT2D eigenvalue weighted by Crippen LogP contribution is -2.45. The van der Waals surface area contributed by atoms with Gasteiger partial charge in [-0.25, -0.2) is 0 Å². The molecule has 2 aliphatic carbocycles. The van der Waals surface area contributed by atoms with Crippen molar-refractivity contribution in [1.82, 2.24) is 15.5 Å². The van der Waals surface area contributed by atoms with Crippen molar-refractivity contribution in [2.75, 3.05) is 33.3 Å². The maximum atomic E-state index is 11.9. The van der Waals surface area contributed by atoms with E-state index in [1.54, 1.807) is 0 Å². The normalized spacial score (nSPS) is 23.8. The second-order valence-corrected chi connectivity index (χ2v) is 7.62. The topological polar surface area (TPSA) is 66.0 Å². The van der Waals surface area contributed by atoms with Gasteiger partial charge in [0.1, 0.15) is 0 Å². The van der Waals surface area contributed by atoms with E-state index < -0.39 is 0 Å². The number of esters is 1. The monoisotopic (exact) mass is 494 g/mol. The van der Waals surface area contributed by atoms with E-state index in [1.165, 1.54) is 25.7 Å². The lowest BCUT2D eigenvalue weighted by atomic mass is 9.86. The van der Waals surface area contributed by atoms with Gasteiger partial charge in [0.25, 0.3) is 0 Å². The van der Waals surface area contributed by atoms with Crippen LogP contribution in [0.25, 0.3) is 0 Å². The maximum Gasteiger partial charge on any atom is 0.308 e. The van der Waals surface area contributed by atoms with Gasteiger partial charge in [-0.2, -0.15) is 0 Å². The quantitative estimate of drug-likeness (QED) is 0.235. The average Bonchev–Trinajstić information content (AvgIpc) is 3.17. The van der Waals surface area contributed by atoms with Crippen LogP contribution in [0.3, 0.4) is 0 Å². The minimum absolute atomic E-state index is 0. The molecule has 0 aromatic heterocycles. The summed E-state index contributed by atoms with van der Waals surface area (Å²) >= 11 is 0. The first-order valence-electron chi connectivity index (χ1n) is 10.6. The molecule has 0 heterocycles. The molecule has 27 heavy (non-hydrogen) atoms. The molecule has 0 unspecified atom stereocenters. The molecule has 2 fully saturated rings. The van der Waals surface area contributed by atoms with Crippen molar-refractivity contribution in [3.05, 3.63) is 0 Å². The van der Waals surface area contributed by atoms with Gasteiger partial charge in [0.05, 0.1) is 19.1 Å². The van der Waals surface area contributed by atoms with Gasteiger partial charge >= 0.3 is 5.97 Å². The highest BCUT2D eigenvalue weighted by atomic mass is 127. The molecule has 0 saturated heterocycles. The molecule has 158 valence electrons. The molecule has 0 atom stereocenters. The van der Waals surface area contributed by atoms with Crippen LogP contribution in [0.4, 0.5) is 0 Å². The summed E-state index contributed by atoms with van der Waals surface area (Å²) in [5.41, 5.74) is 0. The fraction of sp³-hybridized carbons (Fsp3) is 0.900. The molecule has 0 spiro atoms. The van der Waals surface area contributed by atoms with Gasteiger partial charge in [0.2, 0.25) is 0 Å². The Hall–Kier alpha value is -0.570. The van der Waals surface area contributed by atoms with Crippen LogP contribution in [-0.2, 0) is 9.53 Å². The Bertz CT molecular complexity index is 447. The molecule has 0 bridgehead atoms. The fourth-order valence-electron chi connectivity index (χ4n) is 4.09. The molecular weight excluding hydrogens is 455 g/mol. The fourth-order valence-corrected chi connectivity index (χ4v) is 4.09. The molecule has 0 amide bonds. The summed E-state index contributed by atoms with van der Waals surface area (Å²) in [6.45, 7) is 7.14. The molecule has 2 rings (SSSR count). The standard InChI is InChI=1S/C20H38N4O2.HI/c1-4-21-20(22-14-15-24(3)18-8-6-7-9-18)23-17-12-10-16(11-13-17)19(25)26-5-2;/h16-18H,4-15H2,1-3H3,(H2,21,22,23);1H. The van der Waals surface area contributed by atoms with Crippen LogP contribution in [0.15, 0.2) is 4.99 Å². The molecule has 7 heteroatoms. The van der Waals surface area contributed by atoms with Crippen LogP contribution in [0.1, 0.15) is 65.2 Å². The van der Waals surface area contributed by atoms with E-state index in [-0.39, 0.29) is 35.9 Å². The smallest absolute Gasteiger partial charge is 0.308 e. The van der Waals surface area contributed by atoms with Crippen molar-refractivity contribution in [3.8, 4) is 0 Å². The average molecular weight is 494 g/mol. The Labute approximate surface area is 182 Å². The van der Waals surface area contributed by atoms with Crippen LogP contribution in [0.5, 0.6) is 0 Å². The van der Waals surface area contributed by atoms with E-state index in [9.17, 15) is 4.79 Å². The molecule has 2 aliphatic rings. The van der Waals surface area contributed by atoms with Gasteiger partial charge in [-0.15, -0.1) is 24.0 Å². The summed E-state index contributed by atoms with van der Waals surface area (Å²) in [6.07, 6.45) is 9.21. The summed E-state index contributed by atoms with van der Waals surface area (Å²) < 4.78 is 5.15. The lowest BCUT2D eigenvalue weighted by molar-refractivity contribution is -0.149. The number of hydrogen-bond acceptors (Lipinski definition) is 4. The molecule has 6 nitrogen and oxygen atoms in total. The van der Waals surface area contributed by atoms with Crippen LogP contribution >= 0.6 is 24.0 Å². The van der Waals surface area contributed by atoms with Crippen molar-refractivity contribution in [1.29, 1.82) is 0 Å². The van der Waals surface area contributed by atoms with E-state index in [0.29, 0.717) is 12.6 Å². The van der Waals surface area contributed by atoms with E-state index >= 15 is 0 Å². The maximum absolute atomic E-state index is 11.9. The van der Waals surface area contributed by atoms with Crippen molar-refractivity contribution in [3.63, 3.8) is 0 Å². The number of carbonyl (C=O) groups is 1. The number of carbonyl (C=O) groups excluding carboxylic acids is 1. The highest BCUT2D eigenvalue weighted by Crippen LogP contribution is 2.25. The molecule has 0 radical (unpaired) electrons. The minimum atomic E-state index is -0.0264. The SMILES string of the molecule is CCNC(=NCCN(C)C1CCCC1)NC1CCC(C(=O)OCC)CC1.I. The number of nitrogens with one attached hydrogen (secondary N) is 2. The van der Waals surface area contributed by atoms with Crippen LogP contribution in [0, 0.1) is 5.92 Å². The number of rotatable bonds is 8. The Kier molecular flexibility index (Phi) is 12.3. The van der Waals surface area contributed by atoms with Gasteiger partial charge in [-0.1, -0.05) is 12.8 Å². The zero-order valence-corrected chi connectivity index (χ0v) is 19.7. The third-order valence-corrected chi connectivity index (χ3v) is 5.70. The molecular formula is C20H39IN4O2. The van der Waals surface area contributed by atoms with Gasteiger partial charge in [0.15, 0.2) is 5.96 Å². The summed E-state index contributed by atoms with van der Waals surface area (Å²) in [6, 6.07) is 1.14. The number of aliphatic imine (C=N–C) groups is 1. The third kappa shape index (κ3) is 8.54. The van der Waals surface area contributed by atoms with Crippen molar-refractivity contribution < 1.29 is 9.53 Å². The van der Waals surface area contributed by atoms with Crippen molar-refractivity contribution in [2.24, 2.45) is 10.9 Å². The number of nitrogens with zero attached hydrogens (tertiary/aromatic N) is 2. The van der Waals surface area contributed by atoms with Crippen molar-refractivity contribution >= 4 is 35.9 Å². The van der Waals surface area contributed by atoms with Crippen molar-refractivity contribution in [2.45, 2.75) is 77.3 Å². The minimum Gasteiger partial charge on any atom is -0.466 e. The summed E-state index contributed by atoms with van der Waals surface area (Å²) in [5.74, 6) is 0.959. The predicted molar refractivity (Wildman–Crippen MR) is 122 cm³/mol. The first kappa shape index (κ1) is 24.5. The van der Waals surface area contributed by atoms with Gasteiger partial charge in [-0.3, -0.25) is 9.79 Å². The molecule has 0 aliphatic heterocycles. The highest BCUT2D eigenvalue weighted by molar-refractivity contribution is 14.0. The molecule has 0 aromatic rings. The Morgan fingerprint density at radius 1 is 1.11 bits per heavy atom. The van der Waals surface area contributed by atoms with E-state index in [4.69, 9.17) is 9.73 Å². The lowest BCUT2D eigenvalue weighted by Gasteiger charge is -2.29. The van der Waals surface area contributed by atoms with E-state index in [1.807, 2.05) is 6.92 Å². The van der Waals surface area contributed by atoms with Gasteiger partial charge < -0.3 is 20.3 Å². The van der Waals surface area contributed by atoms with Gasteiger partial charge in [0, 0.05) is 25.2 Å². The summed E-state index contributed by atoms with van der Waals surface area (Å²) in [4.78, 5) is 19.1. The Morgan fingerprint density at radius 2 is 1.78 bits per heavy atom. The van der Waals surface area contributed by atoms with E-state index in [2.05, 4.69) is 29.5 Å². The summed E-state index contributed by atoms with van der Waals surface area (Å²) in [7, 11) is 2.22. The Morgan fingerprint density at radius 3 is 2.37 bits per heavy atom. The first-order valence-corrected chi connectivity index (χ1v) is 10.6. The number of likely N-dealkylation sites (N-methyl/N-ethyl adjacent to an activating group) is 1. The highest BCUT2D eigenvalue weighted by Gasteiger charge is 2.27. The van der Waals surface area contributed by atoms with Crippen LogP contribution in [0.2, 0.25) is 0 Å². The number of hydrogen-bond donors (Lipinski definition) is 2. The third-order valence-electron chi connectivity index (χ3n) is 5.70.